The second-order valence-corrected chi connectivity index (χ2v) is 5.50. The van der Waals surface area contributed by atoms with E-state index in [1.807, 2.05) is 66.0 Å². The fourth-order valence-corrected chi connectivity index (χ4v) is 2.76. The molecule has 0 radical (unpaired) electrons. The van der Waals surface area contributed by atoms with E-state index in [2.05, 4.69) is 10.3 Å². The minimum Gasteiger partial charge on any atom is -0.339 e. The largest absolute Gasteiger partial charge is 0.339 e. The average molecular weight is 294 g/mol. The van der Waals surface area contributed by atoms with Gasteiger partial charge in [0, 0.05) is 6.20 Å². The van der Waals surface area contributed by atoms with E-state index in [9.17, 15) is 4.79 Å². The van der Waals surface area contributed by atoms with Gasteiger partial charge in [0.25, 0.3) is 5.91 Å². The second-order valence-electron chi connectivity index (χ2n) is 4.55. The second kappa shape index (κ2) is 6.33. The highest BCUT2D eigenvalue weighted by molar-refractivity contribution is 7.12. The first-order valence-corrected chi connectivity index (χ1v) is 7.53. The van der Waals surface area contributed by atoms with E-state index in [1.165, 1.54) is 11.3 Å². The van der Waals surface area contributed by atoms with E-state index in [-0.39, 0.29) is 11.9 Å². The normalized spacial score (nSPS) is 11.8. The number of rotatable bonds is 4. The number of carbonyl (C=O) groups is 1. The van der Waals surface area contributed by atoms with Crippen molar-refractivity contribution >= 4 is 17.2 Å². The number of pyridine rings is 1. The van der Waals surface area contributed by atoms with E-state index < -0.39 is 0 Å². The molecule has 104 valence electrons. The van der Waals surface area contributed by atoms with Gasteiger partial charge in [-0.05, 0) is 29.1 Å². The molecule has 3 aromatic rings. The summed E-state index contributed by atoms with van der Waals surface area (Å²) in [4.78, 5) is 17.4. The van der Waals surface area contributed by atoms with Gasteiger partial charge in [0.1, 0.15) is 0 Å². The first-order valence-electron chi connectivity index (χ1n) is 6.65. The van der Waals surface area contributed by atoms with Gasteiger partial charge >= 0.3 is 0 Å². The summed E-state index contributed by atoms with van der Waals surface area (Å²) < 4.78 is 0. The third-order valence-corrected chi connectivity index (χ3v) is 4.01. The van der Waals surface area contributed by atoms with Crippen LogP contribution in [0.2, 0.25) is 0 Å². The molecule has 0 aliphatic heterocycles. The third-order valence-electron chi connectivity index (χ3n) is 3.14. The molecule has 1 atom stereocenters. The molecule has 0 fully saturated rings. The fraction of sp³-hybridized carbons (Fsp3) is 0.0588. The predicted octanol–water partition coefficient (Wildman–Crippen LogP) is 3.66. The number of amides is 1. The number of nitrogens with zero attached hydrogens (tertiary/aromatic N) is 1. The highest BCUT2D eigenvalue weighted by atomic mass is 32.1. The lowest BCUT2D eigenvalue weighted by atomic mass is 10.0. The molecule has 1 N–H and O–H groups in total. The van der Waals surface area contributed by atoms with Crippen molar-refractivity contribution < 1.29 is 4.79 Å². The van der Waals surface area contributed by atoms with Crippen LogP contribution in [0.25, 0.3) is 0 Å². The molecule has 0 bridgehead atoms. The molecule has 0 spiro atoms. The zero-order chi connectivity index (χ0) is 14.5. The summed E-state index contributed by atoms with van der Waals surface area (Å²) >= 11 is 1.43. The Hall–Kier alpha value is -2.46. The smallest absolute Gasteiger partial charge is 0.262 e. The molecular formula is C17H14N2OS. The highest BCUT2D eigenvalue weighted by Crippen LogP contribution is 2.21. The Labute approximate surface area is 127 Å². The lowest BCUT2D eigenvalue weighted by Crippen LogP contribution is -2.29. The molecular weight excluding hydrogens is 280 g/mol. The molecule has 4 heteroatoms. The summed E-state index contributed by atoms with van der Waals surface area (Å²) in [6, 6.07) is 19.0. The average Bonchev–Trinajstić information content (AvgIpc) is 3.09. The maximum atomic E-state index is 12.3. The predicted molar refractivity (Wildman–Crippen MR) is 84.3 cm³/mol. The number of hydrogen-bond donors (Lipinski definition) is 1. The Morgan fingerprint density at radius 1 is 1.00 bits per heavy atom. The van der Waals surface area contributed by atoms with E-state index in [0.29, 0.717) is 4.88 Å². The molecule has 1 unspecified atom stereocenters. The van der Waals surface area contributed by atoms with Crippen LogP contribution in [0, 0.1) is 0 Å². The van der Waals surface area contributed by atoms with Crippen molar-refractivity contribution in [1.29, 1.82) is 0 Å². The molecule has 3 nitrogen and oxygen atoms in total. The monoisotopic (exact) mass is 294 g/mol. The summed E-state index contributed by atoms with van der Waals surface area (Å²) in [5.74, 6) is -0.0792. The number of thiophene rings is 1. The zero-order valence-electron chi connectivity index (χ0n) is 11.3. The van der Waals surface area contributed by atoms with E-state index in [1.54, 1.807) is 6.20 Å². The molecule has 0 aliphatic rings. The molecule has 2 heterocycles. The number of nitrogens with one attached hydrogen (secondary N) is 1. The Morgan fingerprint density at radius 3 is 2.48 bits per heavy atom. The van der Waals surface area contributed by atoms with Crippen molar-refractivity contribution in [2.24, 2.45) is 0 Å². The van der Waals surface area contributed by atoms with Crippen molar-refractivity contribution in [3.05, 3.63) is 88.4 Å². The molecule has 1 amide bonds. The summed E-state index contributed by atoms with van der Waals surface area (Å²) in [6.45, 7) is 0. The Morgan fingerprint density at radius 2 is 1.81 bits per heavy atom. The van der Waals surface area contributed by atoms with Crippen LogP contribution in [-0.4, -0.2) is 10.9 Å². The number of aromatic nitrogens is 1. The van der Waals surface area contributed by atoms with Crippen LogP contribution in [0.4, 0.5) is 0 Å². The number of hydrogen-bond acceptors (Lipinski definition) is 3. The van der Waals surface area contributed by atoms with Gasteiger partial charge in [-0.2, -0.15) is 0 Å². The summed E-state index contributed by atoms with van der Waals surface area (Å²) in [5.41, 5.74) is 1.84. The van der Waals surface area contributed by atoms with Gasteiger partial charge in [-0.25, -0.2) is 0 Å². The van der Waals surface area contributed by atoms with Gasteiger partial charge in [-0.1, -0.05) is 42.5 Å². The van der Waals surface area contributed by atoms with E-state index in [4.69, 9.17) is 0 Å². The van der Waals surface area contributed by atoms with Gasteiger partial charge in [0.05, 0.1) is 16.6 Å². The maximum absolute atomic E-state index is 12.3. The van der Waals surface area contributed by atoms with Crippen molar-refractivity contribution in [1.82, 2.24) is 10.3 Å². The van der Waals surface area contributed by atoms with Crippen LogP contribution in [-0.2, 0) is 0 Å². The zero-order valence-corrected chi connectivity index (χ0v) is 12.1. The minimum absolute atomic E-state index is 0.0792. The van der Waals surface area contributed by atoms with Crippen molar-refractivity contribution in [3.8, 4) is 0 Å². The summed E-state index contributed by atoms with van der Waals surface area (Å²) in [6.07, 6.45) is 1.74. The minimum atomic E-state index is -0.248. The first-order chi connectivity index (χ1) is 10.3. The number of benzene rings is 1. The Balaban J connectivity index is 1.92. The molecule has 0 aliphatic carbocycles. The molecule has 0 saturated heterocycles. The molecule has 3 rings (SSSR count). The van der Waals surface area contributed by atoms with Crippen LogP contribution in [0.1, 0.15) is 27.0 Å². The molecule has 1 aromatic carbocycles. The lowest BCUT2D eigenvalue weighted by Gasteiger charge is -2.18. The fourth-order valence-electron chi connectivity index (χ4n) is 2.13. The van der Waals surface area contributed by atoms with Crippen LogP contribution in [0.5, 0.6) is 0 Å². The third kappa shape index (κ3) is 3.17. The maximum Gasteiger partial charge on any atom is 0.262 e. The van der Waals surface area contributed by atoms with Crippen LogP contribution < -0.4 is 5.32 Å². The van der Waals surface area contributed by atoms with E-state index in [0.717, 1.165) is 11.3 Å². The van der Waals surface area contributed by atoms with Crippen LogP contribution in [0.3, 0.4) is 0 Å². The lowest BCUT2D eigenvalue weighted by molar-refractivity contribution is 0.0946. The van der Waals surface area contributed by atoms with Gasteiger partial charge in [-0.3, -0.25) is 9.78 Å². The topological polar surface area (TPSA) is 42.0 Å². The molecule has 2 aromatic heterocycles. The Kier molecular flexibility index (Phi) is 4.07. The quantitative estimate of drug-likeness (QED) is 0.798. The van der Waals surface area contributed by atoms with Gasteiger partial charge in [0.15, 0.2) is 0 Å². The van der Waals surface area contributed by atoms with Crippen LogP contribution >= 0.6 is 11.3 Å². The first kappa shape index (κ1) is 13.5. The van der Waals surface area contributed by atoms with Gasteiger partial charge < -0.3 is 5.32 Å². The van der Waals surface area contributed by atoms with Crippen LogP contribution in [0.15, 0.2) is 72.2 Å². The number of carbonyl (C=O) groups excluding carboxylic acids is 1. The molecule has 21 heavy (non-hydrogen) atoms. The van der Waals surface area contributed by atoms with Gasteiger partial charge in [-0.15, -0.1) is 11.3 Å². The van der Waals surface area contributed by atoms with E-state index >= 15 is 0 Å². The Bertz CT molecular complexity index is 657. The standard InChI is InChI=1S/C17H14N2OS/c20-17(15-10-6-12-21-15)19-16(13-7-2-1-3-8-13)14-9-4-5-11-18-14/h1-12,16H,(H,19,20). The molecule has 0 saturated carbocycles. The SMILES string of the molecule is O=C(NC(c1ccccc1)c1ccccn1)c1cccs1. The van der Waals surface area contributed by atoms with Crippen molar-refractivity contribution in [2.45, 2.75) is 6.04 Å². The van der Waals surface area contributed by atoms with Crippen molar-refractivity contribution in [2.75, 3.05) is 0 Å². The summed E-state index contributed by atoms with van der Waals surface area (Å²) in [5, 5.41) is 4.96. The van der Waals surface area contributed by atoms with Gasteiger partial charge in [0.2, 0.25) is 0 Å². The van der Waals surface area contributed by atoms with Crippen molar-refractivity contribution in [3.63, 3.8) is 0 Å². The summed E-state index contributed by atoms with van der Waals surface area (Å²) in [7, 11) is 0. The highest BCUT2D eigenvalue weighted by Gasteiger charge is 2.18.